The van der Waals surface area contributed by atoms with E-state index in [0.29, 0.717) is 17.7 Å². The number of esters is 1. The molecular formula is C26H22Cl2FN5O4. The molecule has 4 rings (SSSR count). The Morgan fingerprint density at radius 3 is 2.58 bits per heavy atom. The Morgan fingerprint density at radius 2 is 1.95 bits per heavy atom. The molecule has 0 saturated carbocycles. The van der Waals surface area contributed by atoms with Crippen molar-refractivity contribution in [2.24, 2.45) is 0 Å². The highest BCUT2D eigenvalue weighted by molar-refractivity contribution is 6.32. The first kappa shape index (κ1) is 28.6. The maximum absolute atomic E-state index is 15.5. The third-order valence-corrected chi connectivity index (χ3v) is 6.06. The fraction of sp³-hybridized carbons (Fsp3) is 0.269. The topological polar surface area (TPSA) is 130 Å². The lowest BCUT2D eigenvalue weighted by Crippen LogP contribution is -2.35. The molecule has 0 unspecified atom stereocenters. The summed E-state index contributed by atoms with van der Waals surface area (Å²) in [6, 6.07) is 12.0. The highest BCUT2D eigenvalue weighted by Gasteiger charge is 2.24. The number of ether oxygens (including phenoxy) is 2. The van der Waals surface area contributed by atoms with Gasteiger partial charge in [-0.2, -0.15) is 20.3 Å². The summed E-state index contributed by atoms with van der Waals surface area (Å²) in [5.41, 5.74) is 0.810. The molecule has 1 aliphatic rings. The van der Waals surface area contributed by atoms with Gasteiger partial charge in [0.05, 0.1) is 34.0 Å². The zero-order valence-corrected chi connectivity index (χ0v) is 21.7. The fourth-order valence-corrected chi connectivity index (χ4v) is 4.12. The molecule has 0 radical (unpaired) electrons. The highest BCUT2D eigenvalue weighted by atomic mass is 35.5. The Hall–Kier alpha value is -3.96. The molecule has 196 valence electrons. The van der Waals surface area contributed by atoms with Crippen LogP contribution in [0.25, 0.3) is 0 Å². The van der Waals surface area contributed by atoms with E-state index < -0.39 is 23.4 Å². The van der Waals surface area contributed by atoms with Gasteiger partial charge in [0.2, 0.25) is 0 Å². The quantitative estimate of drug-likeness (QED) is 0.429. The van der Waals surface area contributed by atoms with Gasteiger partial charge in [0.15, 0.2) is 18.3 Å². The van der Waals surface area contributed by atoms with Crippen LogP contribution in [0.15, 0.2) is 41.2 Å². The van der Waals surface area contributed by atoms with Crippen LogP contribution in [-0.2, 0) is 22.7 Å². The van der Waals surface area contributed by atoms with E-state index in [1.165, 1.54) is 36.4 Å². The van der Waals surface area contributed by atoms with Crippen LogP contribution in [0, 0.1) is 35.4 Å². The molecule has 9 nitrogen and oxygen atoms in total. The molecule has 38 heavy (non-hydrogen) atoms. The lowest BCUT2D eigenvalue weighted by Gasteiger charge is -2.14. The molecule has 3 aromatic rings. The normalized spacial score (nSPS) is 14.2. The Morgan fingerprint density at radius 1 is 1.24 bits per heavy atom. The van der Waals surface area contributed by atoms with Gasteiger partial charge < -0.3 is 14.8 Å². The van der Waals surface area contributed by atoms with Crippen molar-refractivity contribution in [3.05, 3.63) is 85.5 Å². The largest absolute Gasteiger partial charge is 0.453 e. The van der Waals surface area contributed by atoms with E-state index in [-0.39, 0.29) is 58.8 Å². The lowest BCUT2D eigenvalue weighted by atomic mass is 10.1. The van der Waals surface area contributed by atoms with Gasteiger partial charge in [-0.25, -0.2) is 4.39 Å². The van der Waals surface area contributed by atoms with Crippen molar-refractivity contribution >= 4 is 30.0 Å². The van der Waals surface area contributed by atoms with E-state index in [1.807, 2.05) is 12.1 Å². The van der Waals surface area contributed by atoms with E-state index in [1.54, 1.807) is 6.92 Å². The van der Waals surface area contributed by atoms with Crippen LogP contribution in [0.1, 0.15) is 40.8 Å². The number of aryl methyl sites for hydroxylation is 1. The number of aromatic nitrogens is 2. The molecule has 2 heterocycles. The summed E-state index contributed by atoms with van der Waals surface area (Å²) in [7, 11) is 0. The van der Waals surface area contributed by atoms with Gasteiger partial charge in [-0.3, -0.25) is 9.59 Å². The molecule has 1 N–H and O–H groups in total. The molecule has 12 heteroatoms. The van der Waals surface area contributed by atoms with E-state index in [9.17, 15) is 20.1 Å². The number of nitriles is 2. The first-order chi connectivity index (χ1) is 17.8. The Balaban J connectivity index is 0.00000400. The number of benzene rings is 2. The molecule has 0 aliphatic carbocycles. The predicted molar refractivity (Wildman–Crippen MR) is 138 cm³/mol. The molecule has 1 atom stereocenters. The Kier molecular flexibility index (Phi) is 9.43. The van der Waals surface area contributed by atoms with Crippen molar-refractivity contribution in [2.75, 3.05) is 6.54 Å². The SMILES string of the molecule is Cc1cc(Cc2ccc(Cl)c(Oc3cc(C#N)cc(C#N)c3)c2F)nn(COC(=O)[C@@H]2CCCN2)c1=O.Cl. The second kappa shape index (κ2) is 12.5. The molecule has 0 amide bonds. The average Bonchev–Trinajstić information content (AvgIpc) is 3.44. The molecule has 0 bridgehead atoms. The van der Waals surface area contributed by atoms with Crippen LogP contribution >= 0.6 is 24.0 Å². The van der Waals surface area contributed by atoms with Crippen molar-refractivity contribution in [2.45, 2.75) is 39.0 Å². The second-order valence-electron chi connectivity index (χ2n) is 8.46. The monoisotopic (exact) mass is 557 g/mol. The first-order valence-corrected chi connectivity index (χ1v) is 11.7. The maximum Gasteiger partial charge on any atom is 0.324 e. The van der Waals surface area contributed by atoms with Crippen LogP contribution in [0.3, 0.4) is 0 Å². The number of halogens is 3. The van der Waals surface area contributed by atoms with E-state index in [0.717, 1.165) is 17.6 Å². The summed E-state index contributed by atoms with van der Waals surface area (Å²) in [5.74, 6) is -1.42. The number of rotatable bonds is 7. The molecule has 1 saturated heterocycles. The summed E-state index contributed by atoms with van der Waals surface area (Å²) in [6.45, 7) is 1.96. The number of hydrogen-bond acceptors (Lipinski definition) is 8. The minimum Gasteiger partial charge on any atom is -0.453 e. The number of hydrogen-bond donors (Lipinski definition) is 1. The molecule has 2 aromatic carbocycles. The van der Waals surface area contributed by atoms with Crippen LogP contribution in [0.5, 0.6) is 11.5 Å². The van der Waals surface area contributed by atoms with E-state index in [4.69, 9.17) is 21.1 Å². The fourth-order valence-electron chi connectivity index (χ4n) is 3.93. The van der Waals surface area contributed by atoms with E-state index >= 15 is 4.39 Å². The van der Waals surface area contributed by atoms with Crippen LogP contribution in [0.4, 0.5) is 4.39 Å². The van der Waals surface area contributed by atoms with Crippen LogP contribution in [0.2, 0.25) is 5.02 Å². The van der Waals surface area contributed by atoms with Crippen molar-refractivity contribution < 1.29 is 18.7 Å². The Bertz CT molecular complexity index is 1470. The van der Waals surface area contributed by atoms with Gasteiger partial charge in [0.1, 0.15) is 11.8 Å². The number of nitrogens with zero attached hydrogens (tertiary/aromatic N) is 4. The first-order valence-electron chi connectivity index (χ1n) is 11.4. The third kappa shape index (κ3) is 6.48. The van der Waals surface area contributed by atoms with Crippen LogP contribution < -0.4 is 15.6 Å². The van der Waals surface area contributed by atoms with Crippen molar-refractivity contribution in [3.63, 3.8) is 0 Å². The predicted octanol–water partition coefficient (Wildman–Crippen LogP) is 4.15. The molecular weight excluding hydrogens is 536 g/mol. The Labute approximate surface area is 228 Å². The summed E-state index contributed by atoms with van der Waals surface area (Å²) in [5, 5.41) is 25.6. The number of carbonyl (C=O) groups excluding carboxylic acids is 1. The minimum absolute atomic E-state index is 0. The standard InChI is InChI=1S/C26H21ClFN5O4.ClH/c1-15-7-19(32-33(25(15)34)14-36-26(35)22-3-2-6-31-22)11-18-4-5-21(27)24(23(18)28)37-20-9-16(12-29)8-17(10-20)13-30;/h4-5,7-10,22,31H,2-3,6,11,14H2,1H3;1H/t22-;/m0./s1. The molecule has 1 fully saturated rings. The summed E-state index contributed by atoms with van der Waals surface area (Å²) in [6.07, 6.45) is 1.52. The average molecular weight is 558 g/mol. The third-order valence-electron chi connectivity index (χ3n) is 5.76. The summed E-state index contributed by atoms with van der Waals surface area (Å²) < 4.78 is 27.4. The highest BCUT2D eigenvalue weighted by Crippen LogP contribution is 2.35. The number of nitrogens with one attached hydrogen (secondary N) is 1. The van der Waals surface area contributed by atoms with Gasteiger partial charge in [0, 0.05) is 12.0 Å². The second-order valence-corrected chi connectivity index (χ2v) is 8.87. The van der Waals surface area contributed by atoms with Gasteiger partial charge in [-0.05, 0) is 62.2 Å². The van der Waals surface area contributed by atoms with Gasteiger partial charge in [0.25, 0.3) is 5.56 Å². The van der Waals surface area contributed by atoms with E-state index in [2.05, 4.69) is 10.4 Å². The van der Waals surface area contributed by atoms with Crippen molar-refractivity contribution in [1.29, 1.82) is 10.5 Å². The van der Waals surface area contributed by atoms with Gasteiger partial charge in [-0.1, -0.05) is 17.7 Å². The molecule has 1 aromatic heterocycles. The molecule has 1 aliphatic heterocycles. The maximum atomic E-state index is 15.5. The lowest BCUT2D eigenvalue weighted by molar-refractivity contribution is -0.150. The summed E-state index contributed by atoms with van der Waals surface area (Å²) in [4.78, 5) is 24.7. The van der Waals surface area contributed by atoms with Crippen molar-refractivity contribution in [1.82, 2.24) is 15.1 Å². The zero-order chi connectivity index (χ0) is 26.5. The van der Waals surface area contributed by atoms with Crippen LogP contribution in [-0.4, -0.2) is 28.3 Å². The number of carbonyl (C=O) groups is 1. The zero-order valence-electron chi connectivity index (χ0n) is 20.2. The minimum atomic E-state index is -0.760. The summed E-state index contributed by atoms with van der Waals surface area (Å²) >= 11 is 6.19. The smallest absolute Gasteiger partial charge is 0.324 e. The van der Waals surface area contributed by atoms with Crippen molar-refractivity contribution in [3.8, 4) is 23.6 Å². The van der Waals surface area contributed by atoms with Gasteiger partial charge >= 0.3 is 5.97 Å². The molecule has 0 spiro atoms. The van der Waals surface area contributed by atoms with Gasteiger partial charge in [-0.15, -0.1) is 12.4 Å².